The zero-order valence-corrected chi connectivity index (χ0v) is 16.3. The third kappa shape index (κ3) is 5.92. The van der Waals surface area contributed by atoms with E-state index >= 15 is 0 Å². The fourth-order valence-corrected chi connectivity index (χ4v) is 3.35. The molecule has 0 aromatic heterocycles. The van der Waals surface area contributed by atoms with Crippen molar-refractivity contribution in [1.29, 1.82) is 0 Å². The van der Waals surface area contributed by atoms with E-state index in [0.717, 1.165) is 5.56 Å². The number of nitrogens with one attached hydrogen (secondary N) is 2. The van der Waals surface area contributed by atoms with Crippen molar-refractivity contribution in [2.75, 3.05) is 19.0 Å². The van der Waals surface area contributed by atoms with Crippen LogP contribution >= 0.6 is 39.1 Å². The van der Waals surface area contributed by atoms with Gasteiger partial charge in [0.1, 0.15) is 0 Å². The van der Waals surface area contributed by atoms with E-state index in [1.165, 1.54) is 6.07 Å². The molecule has 5 nitrogen and oxygen atoms in total. The first kappa shape index (κ1) is 19.6. The summed E-state index contributed by atoms with van der Waals surface area (Å²) in [7, 11) is 1.59. The zero-order chi connectivity index (χ0) is 18.4. The second-order valence-corrected chi connectivity index (χ2v) is 6.78. The summed E-state index contributed by atoms with van der Waals surface area (Å²) in [6, 6.07) is 10.2. The third-order valence-corrected chi connectivity index (χ3v) is 4.28. The molecule has 0 fully saturated rings. The minimum atomic E-state index is -0.336. The lowest BCUT2D eigenvalue weighted by Crippen LogP contribution is -2.21. The molecular weight excluding hydrogens is 431 g/mol. The molecule has 0 atom stereocenters. The van der Waals surface area contributed by atoms with Gasteiger partial charge in [0.15, 0.2) is 12.4 Å². The fourth-order valence-electron chi connectivity index (χ4n) is 1.98. The van der Waals surface area contributed by atoms with Crippen LogP contribution in [-0.2, 0) is 16.0 Å². The van der Waals surface area contributed by atoms with Gasteiger partial charge in [0.25, 0.3) is 5.91 Å². The Hall–Kier alpha value is -1.76. The molecule has 2 N–H and O–H groups in total. The van der Waals surface area contributed by atoms with Gasteiger partial charge in [-0.3, -0.25) is 9.59 Å². The number of carbonyl (C=O) groups excluding carboxylic acids is 2. The molecule has 0 aliphatic rings. The Labute approximate surface area is 163 Å². The number of benzene rings is 2. The van der Waals surface area contributed by atoms with Crippen molar-refractivity contribution >= 4 is 56.6 Å². The van der Waals surface area contributed by atoms with Crippen molar-refractivity contribution < 1.29 is 14.3 Å². The minimum absolute atomic E-state index is 0.0735. The molecule has 25 heavy (non-hydrogen) atoms. The molecule has 0 heterocycles. The largest absolute Gasteiger partial charge is 0.481 e. The molecule has 0 saturated carbocycles. The van der Waals surface area contributed by atoms with Gasteiger partial charge >= 0.3 is 0 Å². The van der Waals surface area contributed by atoms with Crippen LogP contribution in [0.15, 0.2) is 40.9 Å². The summed E-state index contributed by atoms with van der Waals surface area (Å²) in [6.45, 7) is -0.208. The van der Waals surface area contributed by atoms with Crippen LogP contribution in [0, 0.1) is 0 Å². The molecule has 2 aromatic rings. The van der Waals surface area contributed by atoms with E-state index in [-0.39, 0.29) is 24.8 Å². The van der Waals surface area contributed by atoms with E-state index < -0.39 is 0 Å². The first-order valence-corrected chi connectivity index (χ1v) is 8.80. The van der Waals surface area contributed by atoms with Crippen molar-refractivity contribution in [3.05, 3.63) is 56.5 Å². The fraction of sp³-hybridized carbons (Fsp3) is 0.176. The van der Waals surface area contributed by atoms with Gasteiger partial charge in [-0.1, -0.05) is 35.3 Å². The zero-order valence-electron chi connectivity index (χ0n) is 13.2. The summed E-state index contributed by atoms with van der Waals surface area (Å²) in [5, 5.41) is 6.04. The topological polar surface area (TPSA) is 67.4 Å². The summed E-state index contributed by atoms with van der Waals surface area (Å²) in [6.07, 6.45) is 0.289. The highest BCUT2D eigenvalue weighted by Gasteiger charge is 2.11. The van der Waals surface area contributed by atoms with Crippen molar-refractivity contribution in [2.24, 2.45) is 0 Å². The number of anilines is 1. The molecule has 2 rings (SSSR count). The van der Waals surface area contributed by atoms with Gasteiger partial charge in [0, 0.05) is 17.8 Å². The smallest absolute Gasteiger partial charge is 0.262 e. The number of hydrogen-bond donors (Lipinski definition) is 2. The second kappa shape index (κ2) is 9.08. The average molecular weight is 446 g/mol. The van der Waals surface area contributed by atoms with Crippen LogP contribution in [0.25, 0.3) is 0 Å². The van der Waals surface area contributed by atoms with Crippen LogP contribution in [0.2, 0.25) is 10.0 Å². The summed E-state index contributed by atoms with van der Waals surface area (Å²) in [5.41, 5.74) is 1.46. The lowest BCUT2D eigenvalue weighted by Gasteiger charge is -2.11. The molecule has 8 heteroatoms. The third-order valence-electron chi connectivity index (χ3n) is 3.19. The lowest BCUT2D eigenvalue weighted by molar-refractivity contribution is -0.120. The van der Waals surface area contributed by atoms with Gasteiger partial charge in [-0.25, -0.2) is 0 Å². The molecule has 0 aliphatic heterocycles. The van der Waals surface area contributed by atoms with E-state index in [9.17, 15) is 9.59 Å². The molecule has 0 radical (unpaired) electrons. The Morgan fingerprint density at radius 2 is 1.80 bits per heavy atom. The molecule has 132 valence electrons. The predicted molar refractivity (Wildman–Crippen MR) is 102 cm³/mol. The van der Waals surface area contributed by atoms with E-state index in [0.29, 0.717) is 26.0 Å². The van der Waals surface area contributed by atoms with Gasteiger partial charge in [-0.05, 0) is 45.8 Å². The highest BCUT2D eigenvalue weighted by atomic mass is 79.9. The number of hydrogen-bond acceptors (Lipinski definition) is 3. The number of amides is 2. The van der Waals surface area contributed by atoms with E-state index in [4.69, 9.17) is 27.9 Å². The van der Waals surface area contributed by atoms with Crippen molar-refractivity contribution in [2.45, 2.75) is 6.42 Å². The van der Waals surface area contributed by atoms with Crippen molar-refractivity contribution in [3.63, 3.8) is 0 Å². The Kier molecular flexibility index (Phi) is 7.11. The predicted octanol–water partition coefficient (Wildman–Crippen LogP) is 4.06. The highest BCUT2D eigenvalue weighted by molar-refractivity contribution is 9.10. The average Bonchev–Trinajstić information content (AvgIpc) is 2.55. The number of ether oxygens (including phenoxy) is 1. The summed E-state index contributed by atoms with van der Waals surface area (Å²) in [4.78, 5) is 23.3. The SMILES string of the molecule is CNC(=O)Cc1ccc(NC(=O)COc2c(Cl)cc(Cl)cc2Br)cc1. The molecule has 0 bridgehead atoms. The first-order chi connectivity index (χ1) is 11.9. The van der Waals surface area contributed by atoms with Crippen LogP contribution in [0.4, 0.5) is 5.69 Å². The van der Waals surface area contributed by atoms with Gasteiger partial charge < -0.3 is 15.4 Å². The Morgan fingerprint density at radius 3 is 2.40 bits per heavy atom. The number of carbonyl (C=O) groups is 2. The normalized spacial score (nSPS) is 10.2. The minimum Gasteiger partial charge on any atom is -0.481 e. The monoisotopic (exact) mass is 444 g/mol. The van der Waals surface area contributed by atoms with Gasteiger partial charge in [-0.15, -0.1) is 0 Å². The molecule has 2 aromatic carbocycles. The molecule has 0 aliphatic carbocycles. The number of likely N-dealkylation sites (N-methyl/N-ethyl adjacent to an activating group) is 1. The quantitative estimate of drug-likeness (QED) is 0.704. The first-order valence-electron chi connectivity index (χ1n) is 7.25. The van der Waals surface area contributed by atoms with Gasteiger partial charge in [0.2, 0.25) is 5.91 Å². The second-order valence-electron chi connectivity index (χ2n) is 5.08. The number of halogens is 3. The Morgan fingerprint density at radius 1 is 1.12 bits per heavy atom. The van der Waals surface area contributed by atoms with E-state index in [2.05, 4.69) is 26.6 Å². The lowest BCUT2D eigenvalue weighted by atomic mass is 10.1. The van der Waals surface area contributed by atoms with Gasteiger partial charge in [-0.2, -0.15) is 0 Å². The molecule has 0 spiro atoms. The maximum Gasteiger partial charge on any atom is 0.262 e. The van der Waals surface area contributed by atoms with Crippen LogP contribution in [0.1, 0.15) is 5.56 Å². The molecule has 0 saturated heterocycles. The Balaban J connectivity index is 1.91. The van der Waals surface area contributed by atoms with E-state index in [1.807, 2.05) is 0 Å². The van der Waals surface area contributed by atoms with Crippen LogP contribution in [-0.4, -0.2) is 25.5 Å². The van der Waals surface area contributed by atoms with Crippen LogP contribution < -0.4 is 15.4 Å². The maximum atomic E-state index is 12.0. The van der Waals surface area contributed by atoms with Gasteiger partial charge in [0.05, 0.1) is 15.9 Å². The number of rotatable bonds is 6. The summed E-state index contributed by atoms with van der Waals surface area (Å²) >= 11 is 15.2. The standard InChI is InChI=1S/C17H15BrCl2N2O3/c1-21-15(23)6-10-2-4-12(5-3-10)22-16(24)9-25-17-13(18)7-11(19)8-14(17)20/h2-5,7-8H,6,9H2,1H3,(H,21,23)(H,22,24). The maximum absolute atomic E-state index is 12.0. The van der Waals surface area contributed by atoms with Crippen molar-refractivity contribution in [1.82, 2.24) is 5.32 Å². The molecule has 0 unspecified atom stereocenters. The highest BCUT2D eigenvalue weighted by Crippen LogP contribution is 2.35. The van der Waals surface area contributed by atoms with Crippen LogP contribution in [0.5, 0.6) is 5.75 Å². The Bertz CT molecular complexity index is 759. The molecular formula is C17H15BrCl2N2O3. The van der Waals surface area contributed by atoms with Crippen LogP contribution in [0.3, 0.4) is 0 Å². The summed E-state index contributed by atoms with van der Waals surface area (Å²) in [5.74, 6) is -0.0604. The molecule has 2 amide bonds. The summed E-state index contributed by atoms with van der Waals surface area (Å²) < 4.78 is 6.01. The van der Waals surface area contributed by atoms with E-state index in [1.54, 1.807) is 37.4 Å². The van der Waals surface area contributed by atoms with Crippen molar-refractivity contribution in [3.8, 4) is 5.75 Å².